The molecule has 2 nitrogen and oxygen atoms in total. The van der Waals surface area contributed by atoms with Crippen LogP contribution in [0.4, 0.5) is 0 Å². The van der Waals surface area contributed by atoms with Crippen molar-refractivity contribution in [2.45, 2.75) is 33.6 Å². The normalized spacial score (nSPS) is 10.2. The van der Waals surface area contributed by atoms with Gasteiger partial charge in [0.25, 0.3) is 0 Å². The summed E-state index contributed by atoms with van der Waals surface area (Å²) in [7, 11) is 0. The van der Waals surface area contributed by atoms with E-state index in [-0.39, 0.29) is 5.78 Å². The molecule has 0 aliphatic heterocycles. The molecular formula is C9H13NOS. The predicted octanol–water partition coefficient (Wildman–Crippen LogP) is 2.61. The van der Waals surface area contributed by atoms with E-state index in [1.807, 2.05) is 6.92 Å². The van der Waals surface area contributed by atoms with Crippen LogP contribution in [0.3, 0.4) is 0 Å². The Kier molecular flexibility index (Phi) is 2.98. The highest BCUT2D eigenvalue weighted by Gasteiger charge is 2.11. The summed E-state index contributed by atoms with van der Waals surface area (Å²) in [5.74, 6) is 0.0859. The van der Waals surface area contributed by atoms with E-state index in [1.54, 1.807) is 18.3 Å². The molecule has 0 aliphatic carbocycles. The Labute approximate surface area is 76.6 Å². The molecular weight excluding hydrogens is 170 g/mol. The third kappa shape index (κ3) is 1.91. The minimum atomic E-state index is 0.0859. The molecule has 0 atom stereocenters. The molecule has 1 rings (SSSR count). The first-order valence-corrected chi connectivity index (χ1v) is 4.94. The second-order valence-electron chi connectivity index (χ2n) is 2.81. The first kappa shape index (κ1) is 9.39. The average Bonchev–Trinajstić information content (AvgIpc) is 2.32. The van der Waals surface area contributed by atoms with Crippen LogP contribution in [-0.2, 0) is 6.42 Å². The van der Waals surface area contributed by atoms with E-state index in [9.17, 15) is 4.79 Å². The summed E-state index contributed by atoms with van der Waals surface area (Å²) >= 11 is 1.64. The summed E-state index contributed by atoms with van der Waals surface area (Å²) < 4.78 is 0. The van der Waals surface area contributed by atoms with E-state index >= 15 is 0 Å². The van der Waals surface area contributed by atoms with Crippen LogP contribution in [0.1, 0.15) is 40.6 Å². The largest absolute Gasteiger partial charge is 0.293 e. The van der Waals surface area contributed by atoms with Gasteiger partial charge < -0.3 is 0 Å². The van der Waals surface area contributed by atoms with Crippen LogP contribution in [0.2, 0.25) is 0 Å². The predicted molar refractivity (Wildman–Crippen MR) is 50.9 cm³/mol. The monoisotopic (exact) mass is 183 g/mol. The third-order valence-corrected chi connectivity index (χ3v) is 2.65. The topological polar surface area (TPSA) is 30.0 Å². The molecule has 3 heteroatoms. The van der Waals surface area contributed by atoms with Crippen molar-refractivity contribution in [3.63, 3.8) is 0 Å². The molecule has 0 bridgehead atoms. The van der Waals surface area contributed by atoms with Crippen LogP contribution >= 0.6 is 11.3 Å². The molecule has 0 aliphatic rings. The van der Waals surface area contributed by atoms with Crippen LogP contribution < -0.4 is 0 Å². The summed E-state index contributed by atoms with van der Waals surface area (Å²) in [5.41, 5.74) is 0.680. The van der Waals surface area contributed by atoms with E-state index in [0.717, 1.165) is 22.7 Å². The van der Waals surface area contributed by atoms with Crippen LogP contribution in [0.15, 0.2) is 0 Å². The Morgan fingerprint density at radius 2 is 2.25 bits per heavy atom. The van der Waals surface area contributed by atoms with Gasteiger partial charge in [0, 0.05) is 11.8 Å². The molecule has 66 valence electrons. The van der Waals surface area contributed by atoms with Crippen molar-refractivity contribution in [2.24, 2.45) is 0 Å². The van der Waals surface area contributed by atoms with Gasteiger partial charge in [-0.15, -0.1) is 11.3 Å². The first-order chi connectivity index (χ1) is 5.65. The molecule has 0 fully saturated rings. The first-order valence-electron chi connectivity index (χ1n) is 4.12. The molecule has 1 aromatic heterocycles. The van der Waals surface area contributed by atoms with Gasteiger partial charge in [-0.25, -0.2) is 4.98 Å². The van der Waals surface area contributed by atoms with Crippen molar-refractivity contribution in [3.8, 4) is 0 Å². The smallest absolute Gasteiger partial charge is 0.179 e. The Hall–Kier alpha value is -0.700. The maximum Gasteiger partial charge on any atom is 0.179 e. The van der Waals surface area contributed by atoms with Gasteiger partial charge in [-0.2, -0.15) is 0 Å². The van der Waals surface area contributed by atoms with Gasteiger partial charge in [-0.3, -0.25) is 4.79 Å². The Balaban J connectivity index is 2.99. The zero-order chi connectivity index (χ0) is 9.14. The lowest BCUT2D eigenvalue weighted by Gasteiger charge is -1.93. The minimum Gasteiger partial charge on any atom is -0.293 e. The van der Waals surface area contributed by atoms with Gasteiger partial charge in [0.15, 0.2) is 5.78 Å². The summed E-state index contributed by atoms with van der Waals surface area (Å²) in [6, 6.07) is 0. The molecule has 1 heterocycles. The standard InChI is InChI=1S/C9H13NOS/c1-4-5-8-9(6(2)11)10-7(3)12-8/h4-5H2,1-3H3. The maximum absolute atomic E-state index is 11.1. The quantitative estimate of drug-likeness (QED) is 0.674. The lowest BCUT2D eigenvalue weighted by atomic mass is 10.2. The third-order valence-electron chi connectivity index (χ3n) is 1.61. The van der Waals surface area contributed by atoms with Crippen LogP contribution in [0, 0.1) is 6.92 Å². The Morgan fingerprint density at radius 1 is 1.58 bits per heavy atom. The van der Waals surface area contributed by atoms with Gasteiger partial charge in [-0.05, 0) is 13.3 Å². The van der Waals surface area contributed by atoms with Gasteiger partial charge in [0.2, 0.25) is 0 Å². The minimum absolute atomic E-state index is 0.0859. The summed E-state index contributed by atoms with van der Waals surface area (Å²) in [6.45, 7) is 5.63. The highest BCUT2D eigenvalue weighted by molar-refractivity contribution is 7.11. The lowest BCUT2D eigenvalue weighted by molar-refractivity contribution is 0.101. The van der Waals surface area contributed by atoms with Crippen LogP contribution in [-0.4, -0.2) is 10.8 Å². The van der Waals surface area contributed by atoms with Crippen molar-refractivity contribution in [1.29, 1.82) is 0 Å². The summed E-state index contributed by atoms with van der Waals surface area (Å²) in [4.78, 5) is 16.4. The SMILES string of the molecule is CCCc1sc(C)nc1C(C)=O. The van der Waals surface area contributed by atoms with Gasteiger partial charge in [0.05, 0.1) is 5.01 Å². The fraction of sp³-hybridized carbons (Fsp3) is 0.556. The molecule has 0 radical (unpaired) electrons. The molecule has 1 aromatic rings. The number of carbonyl (C=O) groups excluding carboxylic acids is 1. The van der Waals surface area contributed by atoms with Crippen molar-refractivity contribution >= 4 is 17.1 Å². The van der Waals surface area contributed by atoms with E-state index in [1.165, 1.54) is 0 Å². The van der Waals surface area contributed by atoms with E-state index in [4.69, 9.17) is 0 Å². The van der Waals surface area contributed by atoms with Crippen LogP contribution in [0.25, 0.3) is 0 Å². The van der Waals surface area contributed by atoms with E-state index < -0.39 is 0 Å². The number of hydrogen-bond donors (Lipinski definition) is 0. The molecule has 0 amide bonds. The van der Waals surface area contributed by atoms with Crippen molar-refractivity contribution in [3.05, 3.63) is 15.6 Å². The number of ketones is 1. The van der Waals surface area contributed by atoms with Crippen molar-refractivity contribution in [2.75, 3.05) is 0 Å². The number of thiazole rings is 1. The molecule has 0 saturated heterocycles. The number of Topliss-reactive ketones (excluding diaryl/α,β-unsaturated/α-hetero) is 1. The van der Waals surface area contributed by atoms with Gasteiger partial charge in [-0.1, -0.05) is 13.3 Å². The van der Waals surface area contributed by atoms with E-state index in [2.05, 4.69) is 11.9 Å². The molecule has 0 saturated carbocycles. The van der Waals surface area contributed by atoms with Gasteiger partial charge in [0.1, 0.15) is 5.69 Å². The number of hydrogen-bond acceptors (Lipinski definition) is 3. The van der Waals surface area contributed by atoms with Crippen molar-refractivity contribution in [1.82, 2.24) is 4.98 Å². The lowest BCUT2D eigenvalue weighted by Crippen LogP contribution is -1.96. The average molecular weight is 183 g/mol. The summed E-state index contributed by atoms with van der Waals surface area (Å²) in [5, 5.41) is 0.989. The Bertz CT molecular complexity index is 291. The molecule has 12 heavy (non-hydrogen) atoms. The fourth-order valence-corrected chi connectivity index (χ4v) is 2.23. The Morgan fingerprint density at radius 3 is 2.75 bits per heavy atom. The van der Waals surface area contributed by atoms with Crippen molar-refractivity contribution < 1.29 is 4.79 Å². The van der Waals surface area contributed by atoms with Gasteiger partial charge >= 0.3 is 0 Å². The second-order valence-corrected chi connectivity index (χ2v) is 4.10. The highest BCUT2D eigenvalue weighted by atomic mass is 32.1. The number of aromatic nitrogens is 1. The number of nitrogens with zero attached hydrogens (tertiary/aromatic N) is 1. The number of aryl methyl sites for hydroxylation is 2. The maximum atomic E-state index is 11.1. The molecule has 0 unspecified atom stereocenters. The second kappa shape index (κ2) is 3.81. The molecule has 0 aromatic carbocycles. The molecule has 0 N–H and O–H groups in total. The number of carbonyl (C=O) groups is 1. The highest BCUT2D eigenvalue weighted by Crippen LogP contribution is 2.19. The number of rotatable bonds is 3. The molecule has 0 spiro atoms. The fourth-order valence-electron chi connectivity index (χ4n) is 1.14. The zero-order valence-electron chi connectivity index (χ0n) is 7.68. The zero-order valence-corrected chi connectivity index (χ0v) is 8.49. The summed E-state index contributed by atoms with van der Waals surface area (Å²) in [6.07, 6.45) is 2.04. The van der Waals surface area contributed by atoms with E-state index in [0.29, 0.717) is 5.69 Å². The van der Waals surface area contributed by atoms with Crippen LogP contribution in [0.5, 0.6) is 0 Å².